The van der Waals surface area contributed by atoms with Crippen LogP contribution in [0.2, 0.25) is 0 Å². The molecule has 0 saturated carbocycles. The third-order valence-electron chi connectivity index (χ3n) is 5.13. The number of imidazole rings is 1. The molecule has 2 amide bonds. The van der Waals surface area contributed by atoms with Crippen molar-refractivity contribution >= 4 is 56.4 Å². The first-order valence-corrected chi connectivity index (χ1v) is 12.2. The molecule has 0 bridgehead atoms. The first-order chi connectivity index (χ1) is 15.9. The third-order valence-corrected chi connectivity index (χ3v) is 6.80. The number of nitrogens with one attached hydrogen (secondary N) is 2. The van der Waals surface area contributed by atoms with Gasteiger partial charge < -0.3 is 31.3 Å². The lowest BCUT2D eigenvalue weighted by Crippen LogP contribution is -2.32. The summed E-state index contributed by atoms with van der Waals surface area (Å²) in [7, 11) is 0. The van der Waals surface area contributed by atoms with Crippen molar-refractivity contribution in [3.8, 4) is 0 Å². The van der Waals surface area contributed by atoms with Crippen LogP contribution in [0, 0.1) is 0 Å². The lowest BCUT2D eigenvalue weighted by molar-refractivity contribution is -0.0289. The second kappa shape index (κ2) is 10.7. The van der Waals surface area contributed by atoms with Crippen LogP contribution in [-0.2, 0) is 4.74 Å². The molecule has 0 aliphatic carbocycles. The molecule has 33 heavy (non-hydrogen) atoms. The fourth-order valence-electron chi connectivity index (χ4n) is 3.44. The van der Waals surface area contributed by atoms with Gasteiger partial charge in [-0.05, 0) is 36.4 Å². The van der Waals surface area contributed by atoms with E-state index in [0.717, 1.165) is 16.6 Å². The molecule has 1 aliphatic rings. The highest BCUT2D eigenvalue weighted by atomic mass is 79.9. The van der Waals surface area contributed by atoms with Crippen molar-refractivity contribution < 1.29 is 19.7 Å². The number of aliphatic hydroxyl groups excluding tert-OH is 2. The first-order valence-electron chi connectivity index (χ1n) is 10.3. The van der Waals surface area contributed by atoms with E-state index in [1.165, 1.54) is 12.7 Å². The number of urea groups is 1. The summed E-state index contributed by atoms with van der Waals surface area (Å²) in [5.74, 6) is 1.48. The maximum Gasteiger partial charge on any atom is 0.319 e. The van der Waals surface area contributed by atoms with Gasteiger partial charge in [0.15, 0.2) is 17.7 Å². The van der Waals surface area contributed by atoms with Crippen molar-refractivity contribution in [1.29, 1.82) is 0 Å². The van der Waals surface area contributed by atoms with Gasteiger partial charge in [0.1, 0.15) is 24.1 Å². The number of carbonyl (C=O) groups excluding carboxylic acids is 1. The molecule has 0 spiro atoms. The number of nitrogens with zero attached hydrogens (tertiary/aromatic N) is 4. The molecule has 4 atom stereocenters. The minimum absolute atomic E-state index is 0.234. The molecule has 11 nitrogen and oxygen atoms in total. The van der Waals surface area contributed by atoms with E-state index in [1.54, 1.807) is 16.3 Å². The number of fused-ring (bicyclic) bond motifs is 1. The number of hydrogen-bond donors (Lipinski definition) is 5. The Hall–Kier alpha value is -2.45. The highest BCUT2D eigenvalue weighted by Gasteiger charge is 2.44. The lowest BCUT2D eigenvalue weighted by Gasteiger charge is -2.16. The standard InChI is InChI=1S/C20H24BrN7O4S/c21-11-2-4-12(5-3-11)27-20(31)23-6-1-7-33-8-13-15(29)16(30)19(32-13)28-10-26-14-17(22)24-9-25-18(14)28/h2-5,9-10,13,15-16,19,29-30H,1,6-8H2,(H2,22,24,25)(H2,23,27,31)/t13-,15-,16-,19-/m1/s1. The van der Waals surface area contributed by atoms with Gasteiger partial charge in [0.2, 0.25) is 0 Å². The maximum atomic E-state index is 11.9. The monoisotopic (exact) mass is 537 g/mol. The van der Waals surface area contributed by atoms with Gasteiger partial charge in [-0.2, -0.15) is 11.8 Å². The van der Waals surface area contributed by atoms with Gasteiger partial charge in [0.25, 0.3) is 0 Å². The van der Waals surface area contributed by atoms with Crippen LogP contribution >= 0.6 is 27.7 Å². The molecular formula is C20H24BrN7O4S. The molecule has 6 N–H and O–H groups in total. The molecule has 0 unspecified atom stereocenters. The Morgan fingerprint density at radius 2 is 2.00 bits per heavy atom. The van der Waals surface area contributed by atoms with Gasteiger partial charge in [0.05, 0.1) is 12.4 Å². The maximum absolute atomic E-state index is 11.9. The fraction of sp³-hybridized carbons (Fsp3) is 0.400. The molecule has 13 heteroatoms. The van der Waals surface area contributed by atoms with E-state index >= 15 is 0 Å². The SMILES string of the molecule is Nc1ncnc2c1ncn2[C@@H]1O[C@H](CSCCCNC(=O)Nc2ccc(Br)cc2)[C@@H](O)[C@H]1O. The van der Waals surface area contributed by atoms with E-state index in [-0.39, 0.29) is 11.8 Å². The van der Waals surface area contributed by atoms with Gasteiger partial charge in [-0.15, -0.1) is 0 Å². The number of amides is 2. The van der Waals surface area contributed by atoms with Crippen LogP contribution in [0.25, 0.3) is 11.2 Å². The molecule has 4 rings (SSSR count). The van der Waals surface area contributed by atoms with Crippen LogP contribution in [0.3, 0.4) is 0 Å². The predicted molar refractivity (Wildman–Crippen MR) is 129 cm³/mol. The Kier molecular flexibility index (Phi) is 7.65. The van der Waals surface area contributed by atoms with Crippen molar-refractivity contribution in [2.45, 2.75) is 31.0 Å². The van der Waals surface area contributed by atoms with E-state index in [9.17, 15) is 15.0 Å². The van der Waals surface area contributed by atoms with Crippen LogP contribution in [0.1, 0.15) is 12.6 Å². The minimum atomic E-state index is -1.13. The van der Waals surface area contributed by atoms with E-state index < -0.39 is 24.5 Å². The number of thioether (sulfide) groups is 1. The average molecular weight is 538 g/mol. The number of carbonyl (C=O) groups is 1. The molecule has 1 saturated heterocycles. The Morgan fingerprint density at radius 3 is 2.79 bits per heavy atom. The van der Waals surface area contributed by atoms with Crippen LogP contribution < -0.4 is 16.4 Å². The topological polar surface area (TPSA) is 160 Å². The van der Waals surface area contributed by atoms with Crippen LogP contribution in [-0.4, -0.2) is 72.1 Å². The number of ether oxygens (including phenoxy) is 1. The highest BCUT2D eigenvalue weighted by Crippen LogP contribution is 2.33. The highest BCUT2D eigenvalue weighted by molar-refractivity contribution is 9.10. The van der Waals surface area contributed by atoms with Crippen molar-refractivity contribution in [2.75, 3.05) is 29.1 Å². The zero-order chi connectivity index (χ0) is 23.4. The molecule has 2 aromatic heterocycles. The average Bonchev–Trinajstić information content (AvgIpc) is 3.35. The van der Waals surface area contributed by atoms with Crippen molar-refractivity contribution in [1.82, 2.24) is 24.8 Å². The molecule has 1 aliphatic heterocycles. The molecule has 1 aromatic carbocycles. The number of nitrogen functional groups attached to an aromatic ring is 1. The summed E-state index contributed by atoms with van der Waals surface area (Å²) < 4.78 is 8.41. The van der Waals surface area contributed by atoms with Crippen molar-refractivity contribution in [2.24, 2.45) is 0 Å². The van der Waals surface area contributed by atoms with Crippen LogP contribution in [0.5, 0.6) is 0 Å². The van der Waals surface area contributed by atoms with Crippen LogP contribution in [0.15, 0.2) is 41.4 Å². The summed E-state index contributed by atoms with van der Waals surface area (Å²) >= 11 is 4.93. The van der Waals surface area contributed by atoms with Crippen LogP contribution in [0.4, 0.5) is 16.3 Å². The Bertz CT molecular complexity index is 1100. The van der Waals surface area contributed by atoms with E-state index in [4.69, 9.17) is 10.5 Å². The molecule has 1 fully saturated rings. The second-order valence-electron chi connectivity index (χ2n) is 7.45. The van der Waals surface area contributed by atoms with Gasteiger partial charge in [-0.25, -0.2) is 19.7 Å². The van der Waals surface area contributed by atoms with Crippen molar-refractivity contribution in [3.63, 3.8) is 0 Å². The van der Waals surface area contributed by atoms with Crippen molar-refractivity contribution in [3.05, 3.63) is 41.4 Å². The smallest absolute Gasteiger partial charge is 0.319 e. The Morgan fingerprint density at radius 1 is 1.21 bits per heavy atom. The first kappa shape index (κ1) is 23.7. The number of anilines is 2. The number of hydrogen-bond acceptors (Lipinski definition) is 9. The second-order valence-corrected chi connectivity index (χ2v) is 9.51. The quantitative estimate of drug-likeness (QED) is 0.269. The number of aliphatic hydroxyl groups is 2. The molecule has 176 valence electrons. The third kappa shape index (κ3) is 5.55. The molecular weight excluding hydrogens is 514 g/mol. The van der Waals surface area contributed by atoms with E-state index in [2.05, 4.69) is 41.5 Å². The summed E-state index contributed by atoms with van der Waals surface area (Å²) in [5.41, 5.74) is 7.37. The van der Waals surface area contributed by atoms with Gasteiger partial charge in [0, 0.05) is 22.5 Å². The minimum Gasteiger partial charge on any atom is -0.387 e. The van der Waals surface area contributed by atoms with Gasteiger partial charge in [-0.3, -0.25) is 4.57 Å². The number of benzene rings is 1. The van der Waals surface area contributed by atoms with E-state index in [0.29, 0.717) is 29.1 Å². The molecule has 3 aromatic rings. The number of halogens is 1. The zero-order valence-corrected chi connectivity index (χ0v) is 19.9. The van der Waals surface area contributed by atoms with Gasteiger partial charge in [-0.1, -0.05) is 15.9 Å². The summed E-state index contributed by atoms with van der Waals surface area (Å²) in [6.45, 7) is 0.511. The number of rotatable bonds is 8. The summed E-state index contributed by atoms with van der Waals surface area (Å²) in [6.07, 6.45) is -0.0307. The molecule has 3 heterocycles. The summed E-state index contributed by atoms with van der Waals surface area (Å²) in [4.78, 5) is 24.2. The summed E-state index contributed by atoms with van der Waals surface area (Å²) in [5, 5.41) is 26.5. The van der Waals surface area contributed by atoms with E-state index in [1.807, 2.05) is 24.3 Å². The number of nitrogens with two attached hydrogens (primary N) is 1. The zero-order valence-electron chi connectivity index (χ0n) is 17.5. The predicted octanol–water partition coefficient (Wildman–Crippen LogP) is 1.74. The number of aromatic nitrogens is 4. The summed E-state index contributed by atoms with van der Waals surface area (Å²) in [6, 6.07) is 7.06. The Balaban J connectivity index is 1.19. The largest absolute Gasteiger partial charge is 0.387 e. The fourth-order valence-corrected chi connectivity index (χ4v) is 4.72. The Labute approximate surface area is 202 Å². The normalized spacial score (nSPS) is 22.5. The molecule has 0 radical (unpaired) electrons. The lowest BCUT2D eigenvalue weighted by atomic mass is 10.1. The van der Waals surface area contributed by atoms with Gasteiger partial charge >= 0.3 is 6.03 Å².